The quantitative estimate of drug-likeness (QED) is 0.312. The molecule has 0 spiro atoms. The summed E-state index contributed by atoms with van der Waals surface area (Å²) < 4.78 is 11.5. The van der Waals surface area contributed by atoms with E-state index in [0.717, 1.165) is 59.2 Å². The first kappa shape index (κ1) is 21.1. The van der Waals surface area contributed by atoms with Gasteiger partial charge in [-0.25, -0.2) is 9.97 Å². The molecule has 0 N–H and O–H groups in total. The number of benzene rings is 2. The minimum Gasteiger partial charge on any atom is -0.419 e. The van der Waals surface area contributed by atoms with Crippen LogP contribution in [-0.4, -0.2) is 51.4 Å². The summed E-state index contributed by atoms with van der Waals surface area (Å²) in [5, 5.41) is 10.5. The highest BCUT2D eigenvalue weighted by Crippen LogP contribution is 2.37. The summed E-state index contributed by atoms with van der Waals surface area (Å²) in [6, 6.07) is 16.2. The highest BCUT2D eigenvalue weighted by atomic mass is 32.2. The van der Waals surface area contributed by atoms with Crippen molar-refractivity contribution in [1.29, 1.82) is 0 Å². The molecule has 2 aromatic heterocycles. The Morgan fingerprint density at radius 1 is 1.03 bits per heavy atom. The van der Waals surface area contributed by atoms with Crippen LogP contribution in [0, 0.1) is 6.92 Å². The normalized spacial score (nSPS) is 15.8. The third kappa shape index (κ3) is 4.67. The standard InChI is InChI=1S/C24H25N5O2S/c1-16-6-5-7-18(14-16)23-28-27-22(31-23)17(2)32-24-19-8-3-4-9-20(19)25-21(26-24)15-29-10-12-30-13-11-29/h3-9,14,17H,10-13,15H2,1-2H3. The van der Waals surface area contributed by atoms with Gasteiger partial charge in [-0.2, -0.15) is 0 Å². The van der Waals surface area contributed by atoms with Crippen molar-refractivity contribution in [1.82, 2.24) is 25.1 Å². The number of hydrogen-bond acceptors (Lipinski definition) is 8. The molecule has 8 heteroatoms. The number of rotatable bonds is 6. The van der Waals surface area contributed by atoms with Crippen LogP contribution in [0.5, 0.6) is 0 Å². The van der Waals surface area contributed by atoms with Gasteiger partial charge in [0.15, 0.2) is 0 Å². The van der Waals surface area contributed by atoms with E-state index in [1.807, 2.05) is 49.4 Å². The van der Waals surface area contributed by atoms with E-state index in [1.165, 1.54) is 0 Å². The summed E-state index contributed by atoms with van der Waals surface area (Å²) >= 11 is 1.62. The molecule has 1 aliphatic rings. The van der Waals surface area contributed by atoms with Gasteiger partial charge in [-0.3, -0.25) is 4.90 Å². The van der Waals surface area contributed by atoms with E-state index >= 15 is 0 Å². The van der Waals surface area contributed by atoms with Crippen LogP contribution in [-0.2, 0) is 11.3 Å². The molecular weight excluding hydrogens is 422 g/mol. The molecule has 5 rings (SSSR count). The number of thioether (sulfide) groups is 1. The molecule has 0 bridgehead atoms. The van der Waals surface area contributed by atoms with E-state index in [2.05, 4.69) is 28.1 Å². The van der Waals surface area contributed by atoms with Crippen molar-refractivity contribution in [3.05, 3.63) is 65.8 Å². The zero-order valence-electron chi connectivity index (χ0n) is 18.2. The van der Waals surface area contributed by atoms with Crippen molar-refractivity contribution in [3.63, 3.8) is 0 Å². The molecule has 3 heterocycles. The maximum atomic E-state index is 6.01. The SMILES string of the molecule is Cc1cccc(-c2nnc(C(C)Sc3nc(CN4CCOCC4)nc4ccccc34)o2)c1. The maximum Gasteiger partial charge on any atom is 0.247 e. The average molecular weight is 448 g/mol. The number of fused-ring (bicyclic) bond motifs is 1. The molecule has 1 aliphatic heterocycles. The minimum absolute atomic E-state index is 0.0457. The topological polar surface area (TPSA) is 77.2 Å². The van der Waals surface area contributed by atoms with Gasteiger partial charge in [0.2, 0.25) is 11.8 Å². The number of morpholine rings is 1. The Labute approximate surface area is 191 Å². The second-order valence-corrected chi connectivity index (χ2v) is 9.26. The molecule has 7 nitrogen and oxygen atoms in total. The lowest BCUT2D eigenvalue weighted by Gasteiger charge is -2.26. The summed E-state index contributed by atoms with van der Waals surface area (Å²) in [6.45, 7) is 8.15. The van der Waals surface area contributed by atoms with Crippen LogP contribution in [0.2, 0.25) is 0 Å². The lowest BCUT2D eigenvalue weighted by atomic mass is 10.1. The predicted octanol–water partition coefficient (Wildman–Crippen LogP) is 4.67. The fourth-order valence-corrected chi connectivity index (χ4v) is 4.71. The van der Waals surface area contributed by atoms with Gasteiger partial charge in [-0.15, -0.1) is 10.2 Å². The van der Waals surface area contributed by atoms with Gasteiger partial charge in [0, 0.05) is 24.0 Å². The van der Waals surface area contributed by atoms with Crippen molar-refractivity contribution < 1.29 is 9.15 Å². The minimum atomic E-state index is -0.0457. The van der Waals surface area contributed by atoms with Crippen LogP contribution in [0.3, 0.4) is 0 Å². The summed E-state index contributed by atoms with van der Waals surface area (Å²) in [5.74, 6) is 1.95. The van der Waals surface area contributed by atoms with E-state index in [4.69, 9.17) is 19.1 Å². The first-order chi connectivity index (χ1) is 15.7. The van der Waals surface area contributed by atoms with E-state index in [0.29, 0.717) is 18.3 Å². The summed E-state index contributed by atoms with van der Waals surface area (Å²) in [6.07, 6.45) is 0. The van der Waals surface area contributed by atoms with Crippen LogP contribution < -0.4 is 0 Å². The van der Waals surface area contributed by atoms with Gasteiger partial charge in [0.25, 0.3) is 0 Å². The molecule has 164 valence electrons. The zero-order chi connectivity index (χ0) is 21.9. The Kier molecular flexibility index (Phi) is 6.16. The van der Waals surface area contributed by atoms with Gasteiger partial charge < -0.3 is 9.15 Å². The molecule has 0 amide bonds. The Balaban J connectivity index is 1.40. The summed E-state index contributed by atoms with van der Waals surface area (Å²) in [5.41, 5.74) is 3.04. The Bertz CT molecular complexity index is 1220. The predicted molar refractivity (Wildman–Crippen MR) is 124 cm³/mol. The summed E-state index contributed by atoms with van der Waals surface area (Å²) in [7, 11) is 0. The Morgan fingerprint density at radius 2 is 1.88 bits per heavy atom. The number of para-hydroxylation sites is 1. The second-order valence-electron chi connectivity index (χ2n) is 7.93. The van der Waals surface area contributed by atoms with Crippen LogP contribution in [0.15, 0.2) is 58.0 Å². The smallest absolute Gasteiger partial charge is 0.247 e. The van der Waals surface area contributed by atoms with E-state index in [9.17, 15) is 0 Å². The molecule has 1 fully saturated rings. The van der Waals surface area contributed by atoms with Crippen molar-refractivity contribution in [2.45, 2.75) is 30.7 Å². The van der Waals surface area contributed by atoms with Crippen molar-refractivity contribution in [2.75, 3.05) is 26.3 Å². The highest BCUT2D eigenvalue weighted by Gasteiger charge is 2.20. The van der Waals surface area contributed by atoms with E-state index in [-0.39, 0.29) is 5.25 Å². The zero-order valence-corrected chi connectivity index (χ0v) is 19.0. The molecule has 1 unspecified atom stereocenters. The fourth-order valence-electron chi connectivity index (χ4n) is 3.72. The lowest BCUT2D eigenvalue weighted by molar-refractivity contribution is 0.0330. The second kappa shape index (κ2) is 9.36. The number of hydrogen-bond donors (Lipinski definition) is 0. The van der Waals surface area contributed by atoms with E-state index < -0.39 is 0 Å². The average Bonchev–Trinajstić information content (AvgIpc) is 3.30. The van der Waals surface area contributed by atoms with Crippen molar-refractivity contribution in [3.8, 4) is 11.5 Å². The molecule has 0 saturated carbocycles. The van der Waals surface area contributed by atoms with E-state index in [1.54, 1.807) is 11.8 Å². The molecular formula is C24H25N5O2S. The summed E-state index contributed by atoms with van der Waals surface area (Å²) in [4.78, 5) is 12.1. The highest BCUT2D eigenvalue weighted by molar-refractivity contribution is 7.99. The van der Waals surface area contributed by atoms with Gasteiger partial charge in [0.1, 0.15) is 10.9 Å². The number of ether oxygens (including phenoxy) is 1. The monoisotopic (exact) mass is 447 g/mol. The van der Waals surface area contributed by atoms with Crippen LogP contribution in [0.25, 0.3) is 22.4 Å². The molecule has 1 atom stereocenters. The molecule has 1 saturated heterocycles. The first-order valence-electron chi connectivity index (χ1n) is 10.8. The van der Waals surface area contributed by atoms with Crippen LogP contribution in [0.1, 0.15) is 29.5 Å². The lowest BCUT2D eigenvalue weighted by Crippen LogP contribution is -2.36. The Morgan fingerprint density at radius 3 is 2.72 bits per heavy atom. The largest absolute Gasteiger partial charge is 0.419 e. The molecule has 0 aliphatic carbocycles. The fraction of sp³-hybridized carbons (Fsp3) is 0.333. The number of aromatic nitrogens is 4. The maximum absolute atomic E-state index is 6.01. The number of nitrogens with zero attached hydrogens (tertiary/aromatic N) is 5. The molecule has 4 aromatic rings. The number of aryl methyl sites for hydroxylation is 1. The Hall–Kier alpha value is -2.81. The molecule has 0 radical (unpaired) electrons. The first-order valence-corrected chi connectivity index (χ1v) is 11.7. The van der Waals surface area contributed by atoms with Crippen LogP contribution >= 0.6 is 11.8 Å². The van der Waals surface area contributed by atoms with Gasteiger partial charge in [0.05, 0.1) is 30.5 Å². The third-order valence-corrected chi connectivity index (χ3v) is 6.51. The van der Waals surface area contributed by atoms with Crippen molar-refractivity contribution in [2.24, 2.45) is 0 Å². The van der Waals surface area contributed by atoms with Crippen LogP contribution in [0.4, 0.5) is 0 Å². The molecule has 2 aromatic carbocycles. The van der Waals surface area contributed by atoms with Gasteiger partial charge in [-0.1, -0.05) is 47.7 Å². The molecule has 32 heavy (non-hydrogen) atoms. The third-order valence-electron chi connectivity index (χ3n) is 5.43. The van der Waals surface area contributed by atoms with Crippen molar-refractivity contribution >= 4 is 22.7 Å². The van der Waals surface area contributed by atoms with Gasteiger partial charge >= 0.3 is 0 Å². The van der Waals surface area contributed by atoms with Gasteiger partial charge in [-0.05, 0) is 32.0 Å².